The largest absolute Gasteiger partial charge is 0.508 e. The minimum Gasteiger partial charge on any atom is -0.508 e. The maximum Gasteiger partial charge on any atom is 0.116 e. The zero-order chi connectivity index (χ0) is 10.0. The molecule has 0 bridgehead atoms. The fourth-order valence-corrected chi connectivity index (χ4v) is 1.65. The quantitative estimate of drug-likeness (QED) is 0.635. The first-order valence-electron chi connectivity index (χ1n) is 4.32. The van der Waals surface area contributed by atoms with E-state index in [1.54, 1.807) is 12.1 Å². The predicted octanol–water partition coefficient (Wildman–Crippen LogP) is 0.968. The van der Waals surface area contributed by atoms with Gasteiger partial charge in [-0.1, -0.05) is 0 Å². The second kappa shape index (κ2) is 3.77. The molecular weight excluding hydrogens is 164 g/mol. The molecule has 3 nitrogen and oxygen atoms in total. The number of phenols is 1. The van der Waals surface area contributed by atoms with Crippen molar-refractivity contribution in [2.45, 2.75) is 19.9 Å². The molecule has 1 aromatic rings. The molecule has 1 atom stereocenters. The summed E-state index contributed by atoms with van der Waals surface area (Å²) in [5.41, 5.74) is 14.4. The van der Waals surface area contributed by atoms with E-state index in [0.717, 1.165) is 16.7 Å². The average molecular weight is 180 g/mol. The van der Waals surface area contributed by atoms with Crippen molar-refractivity contribution in [1.29, 1.82) is 0 Å². The van der Waals surface area contributed by atoms with Gasteiger partial charge >= 0.3 is 0 Å². The Balaban J connectivity index is 3.20. The molecule has 1 unspecified atom stereocenters. The van der Waals surface area contributed by atoms with Crippen LogP contribution in [0.4, 0.5) is 0 Å². The summed E-state index contributed by atoms with van der Waals surface area (Å²) in [5, 5.41) is 9.30. The minimum absolute atomic E-state index is 0.138. The van der Waals surface area contributed by atoms with Crippen LogP contribution in [0.2, 0.25) is 0 Å². The van der Waals surface area contributed by atoms with E-state index in [-0.39, 0.29) is 11.8 Å². The van der Waals surface area contributed by atoms with E-state index in [0.29, 0.717) is 6.54 Å². The van der Waals surface area contributed by atoms with Gasteiger partial charge in [0.2, 0.25) is 0 Å². The molecule has 0 amide bonds. The van der Waals surface area contributed by atoms with Gasteiger partial charge in [-0.15, -0.1) is 0 Å². The van der Waals surface area contributed by atoms with Crippen LogP contribution in [0.15, 0.2) is 12.1 Å². The lowest BCUT2D eigenvalue weighted by Crippen LogP contribution is -2.22. The summed E-state index contributed by atoms with van der Waals surface area (Å²) in [4.78, 5) is 0. The van der Waals surface area contributed by atoms with Gasteiger partial charge in [-0.2, -0.15) is 0 Å². The SMILES string of the molecule is Cc1cc(O)cc(C)c1C(N)CN. The van der Waals surface area contributed by atoms with Crippen LogP contribution in [0.5, 0.6) is 5.75 Å². The topological polar surface area (TPSA) is 72.3 Å². The number of aryl methyl sites for hydroxylation is 2. The molecular formula is C10H16N2O. The summed E-state index contributed by atoms with van der Waals surface area (Å²) in [6, 6.07) is 3.27. The molecule has 0 aromatic heterocycles. The number of benzene rings is 1. The number of hydrogen-bond donors (Lipinski definition) is 3. The predicted molar refractivity (Wildman–Crippen MR) is 53.6 cm³/mol. The number of nitrogens with two attached hydrogens (primary N) is 2. The molecule has 1 rings (SSSR count). The van der Waals surface area contributed by atoms with Gasteiger partial charge in [0.25, 0.3) is 0 Å². The molecule has 3 heteroatoms. The van der Waals surface area contributed by atoms with Crippen molar-refractivity contribution in [3.63, 3.8) is 0 Å². The van der Waals surface area contributed by atoms with Crippen LogP contribution in [0.1, 0.15) is 22.7 Å². The number of hydrogen-bond acceptors (Lipinski definition) is 3. The molecule has 0 fully saturated rings. The third-order valence-electron chi connectivity index (χ3n) is 2.20. The van der Waals surface area contributed by atoms with Crippen molar-refractivity contribution in [1.82, 2.24) is 0 Å². The second-order valence-corrected chi connectivity index (χ2v) is 3.34. The third kappa shape index (κ3) is 1.99. The van der Waals surface area contributed by atoms with Crippen LogP contribution >= 0.6 is 0 Å². The number of aromatic hydroxyl groups is 1. The van der Waals surface area contributed by atoms with Crippen LogP contribution in [-0.4, -0.2) is 11.7 Å². The van der Waals surface area contributed by atoms with Crippen molar-refractivity contribution in [3.05, 3.63) is 28.8 Å². The summed E-state index contributed by atoms with van der Waals surface area (Å²) < 4.78 is 0. The van der Waals surface area contributed by atoms with Crippen LogP contribution in [0.3, 0.4) is 0 Å². The number of rotatable bonds is 2. The molecule has 0 radical (unpaired) electrons. The summed E-state index contributed by atoms with van der Waals surface area (Å²) in [6.45, 7) is 4.28. The molecule has 72 valence electrons. The summed E-state index contributed by atoms with van der Waals surface area (Å²) >= 11 is 0. The zero-order valence-electron chi connectivity index (χ0n) is 8.04. The maximum atomic E-state index is 9.30. The molecule has 0 heterocycles. The van der Waals surface area contributed by atoms with Crippen LogP contribution in [0.25, 0.3) is 0 Å². The van der Waals surface area contributed by atoms with Crippen molar-refractivity contribution in [3.8, 4) is 5.75 Å². The fourth-order valence-electron chi connectivity index (χ4n) is 1.65. The molecule has 0 spiro atoms. The zero-order valence-corrected chi connectivity index (χ0v) is 8.04. The Hall–Kier alpha value is -1.06. The van der Waals surface area contributed by atoms with Gasteiger partial charge in [0.1, 0.15) is 5.75 Å². The van der Waals surface area contributed by atoms with Crippen LogP contribution in [-0.2, 0) is 0 Å². The summed E-state index contributed by atoms with van der Waals surface area (Å²) in [7, 11) is 0. The normalized spacial score (nSPS) is 12.9. The number of phenolic OH excluding ortho intramolecular Hbond substituents is 1. The van der Waals surface area contributed by atoms with E-state index in [2.05, 4.69) is 0 Å². The average Bonchev–Trinajstić information content (AvgIpc) is 2.02. The molecule has 0 aliphatic heterocycles. The molecule has 5 N–H and O–H groups in total. The van der Waals surface area contributed by atoms with E-state index in [1.165, 1.54) is 0 Å². The van der Waals surface area contributed by atoms with E-state index >= 15 is 0 Å². The highest BCUT2D eigenvalue weighted by Crippen LogP contribution is 2.24. The van der Waals surface area contributed by atoms with Crippen LogP contribution in [0, 0.1) is 13.8 Å². The monoisotopic (exact) mass is 180 g/mol. The van der Waals surface area contributed by atoms with Gasteiger partial charge in [0, 0.05) is 12.6 Å². The molecule has 0 aliphatic rings. The Morgan fingerprint density at radius 2 is 1.77 bits per heavy atom. The molecule has 0 saturated carbocycles. The van der Waals surface area contributed by atoms with E-state index in [9.17, 15) is 5.11 Å². The highest BCUT2D eigenvalue weighted by atomic mass is 16.3. The van der Waals surface area contributed by atoms with Gasteiger partial charge in [-0.05, 0) is 42.7 Å². The Kier molecular flexibility index (Phi) is 2.90. The maximum absolute atomic E-state index is 9.30. The Bertz CT molecular complexity index is 287. The fraction of sp³-hybridized carbons (Fsp3) is 0.400. The van der Waals surface area contributed by atoms with Gasteiger partial charge in [0.15, 0.2) is 0 Å². The Labute approximate surface area is 78.4 Å². The van der Waals surface area contributed by atoms with Crippen molar-refractivity contribution in [2.75, 3.05) is 6.54 Å². The molecule has 0 aliphatic carbocycles. The lowest BCUT2D eigenvalue weighted by Gasteiger charge is -2.15. The third-order valence-corrected chi connectivity index (χ3v) is 2.20. The summed E-state index contributed by atoms with van der Waals surface area (Å²) in [5.74, 6) is 0.281. The van der Waals surface area contributed by atoms with E-state index in [1.807, 2.05) is 13.8 Å². The lowest BCUT2D eigenvalue weighted by atomic mass is 9.96. The second-order valence-electron chi connectivity index (χ2n) is 3.34. The first-order valence-corrected chi connectivity index (χ1v) is 4.32. The first kappa shape index (κ1) is 10.0. The molecule has 1 aromatic carbocycles. The Morgan fingerprint density at radius 1 is 1.31 bits per heavy atom. The lowest BCUT2D eigenvalue weighted by molar-refractivity contribution is 0.473. The highest BCUT2D eigenvalue weighted by Gasteiger charge is 2.10. The van der Waals surface area contributed by atoms with Gasteiger partial charge in [0.05, 0.1) is 0 Å². The molecule has 0 saturated heterocycles. The first-order chi connectivity index (χ1) is 6.06. The van der Waals surface area contributed by atoms with Gasteiger partial charge in [-0.3, -0.25) is 0 Å². The standard InChI is InChI=1S/C10H16N2O/c1-6-3-8(13)4-7(2)10(6)9(12)5-11/h3-4,9,13H,5,11-12H2,1-2H3. The van der Waals surface area contributed by atoms with Crippen LogP contribution < -0.4 is 11.5 Å². The van der Waals surface area contributed by atoms with Crippen molar-refractivity contribution >= 4 is 0 Å². The van der Waals surface area contributed by atoms with Gasteiger partial charge < -0.3 is 16.6 Å². The molecule has 13 heavy (non-hydrogen) atoms. The van der Waals surface area contributed by atoms with Gasteiger partial charge in [-0.25, -0.2) is 0 Å². The Morgan fingerprint density at radius 3 is 2.15 bits per heavy atom. The van der Waals surface area contributed by atoms with E-state index < -0.39 is 0 Å². The van der Waals surface area contributed by atoms with Crippen molar-refractivity contribution in [2.24, 2.45) is 11.5 Å². The minimum atomic E-state index is -0.138. The highest BCUT2D eigenvalue weighted by molar-refractivity contribution is 5.42. The van der Waals surface area contributed by atoms with Crippen molar-refractivity contribution < 1.29 is 5.11 Å². The van der Waals surface area contributed by atoms with E-state index in [4.69, 9.17) is 11.5 Å². The smallest absolute Gasteiger partial charge is 0.116 e. The summed E-state index contributed by atoms with van der Waals surface area (Å²) in [6.07, 6.45) is 0.